The van der Waals surface area contributed by atoms with Crippen LogP contribution in [0.15, 0.2) is 34.2 Å². The summed E-state index contributed by atoms with van der Waals surface area (Å²) in [5, 5.41) is 10.6. The molecule has 0 aromatic carbocycles. The maximum absolute atomic E-state index is 12.2. The van der Waals surface area contributed by atoms with Gasteiger partial charge in [0.05, 0.1) is 12.1 Å². The van der Waals surface area contributed by atoms with E-state index in [2.05, 4.69) is 20.9 Å². The number of nitriles is 1. The highest BCUT2D eigenvalue weighted by Crippen LogP contribution is 2.21. The van der Waals surface area contributed by atoms with Crippen LogP contribution in [0.5, 0.6) is 0 Å². The number of amides is 1. The van der Waals surface area contributed by atoms with E-state index < -0.39 is 0 Å². The molecular formula is C13H10BrN3OS. The molecule has 2 heterocycles. The molecule has 0 aliphatic carbocycles. The Morgan fingerprint density at radius 2 is 2.37 bits per heavy atom. The molecule has 0 spiro atoms. The topological polar surface area (TPSA) is 57.0 Å². The fourth-order valence-corrected chi connectivity index (χ4v) is 3.05. The van der Waals surface area contributed by atoms with E-state index >= 15 is 0 Å². The van der Waals surface area contributed by atoms with Crippen molar-refractivity contribution in [1.82, 2.24) is 9.88 Å². The average Bonchev–Trinajstić information content (AvgIpc) is 2.83. The summed E-state index contributed by atoms with van der Waals surface area (Å²) >= 11 is 4.98. The summed E-state index contributed by atoms with van der Waals surface area (Å²) in [7, 11) is 1.74. The lowest BCUT2D eigenvalue weighted by molar-refractivity contribution is 0.0786. The van der Waals surface area contributed by atoms with Gasteiger partial charge >= 0.3 is 0 Å². The van der Waals surface area contributed by atoms with Crippen LogP contribution in [0.3, 0.4) is 0 Å². The number of pyridine rings is 1. The summed E-state index contributed by atoms with van der Waals surface area (Å²) in [4.78, 5) is 18.8. The second kappa shape index (κ2) is 5.95. The molecule has 0 atom stereocenters. The molecule has 0 unspecified atom stereocenters. The highest BCUT2D eigenvalue weighted by Gasteiger charge is 2.13. The Labute approximate surface area is 123 Å². The maximum atomic E-state index is 12.2. The van der Waals surface area contributed by atoms with Gasteiger partial charge in [0, 0.05) is 28.0 Å². The number of halogens is 1. The third-order valence-electron chi connectivity index (χ3n) is 2.49. The second-order valence-electron chi connectivity index (χ2n) is 3.94. The van der Waals surface area contributed by atoms with Gasteiger partial charge in [0.25, 0.3) is 5.91 Å². The van der Waals surface area contributed by atoms with Crippen LogP contribution >= 0.6 is 27.3 Å². The summed E-state index contributed by atoms with van der Waals surface area (Å²) in [5.41, 5.74) is 0.790. The third kappa shape index (κ3) is 3.40. The summed E-state index contributed by atoms with van der Waals surface area (Å²) in [6.07, 6.45) is 1.43. The minimum Gasteiger partial charge on any atom is -0.337 e. The van der Waals surface area contributed by atoms with Gasteiger partial charge in [0.1, 0.15) is 11.8 Å². The molecule has 0 saturated carbocycles. The van der Waals surface area contributed by atoms with Gasteiger partial charge in [-0.2, -0.15) is 5.26 Å². The molecule has 96 valence electrons. The van der Waals surface area contributed by atoms with Gasteiger partial charge in [0.2, 0.25) is 0 Å². The number of hydrogen-bond donors (Lipinski definition) is 0. The van der Waals surface area contributed by atoms with E-state index in [0.717, 1.165) is 9.35 Å². The van der Waals surface area contributed by atoms with Gasteiger partial charge < -0.3 is 4.90 Å². The van der Waals surface area contributed by atoms with Gasteiger partial charge in [0.15, 0.2) is 0 Å². The molecule has 2 aromatic heterocycles. The molecule has 6 heteroatoms. The number of nitrogens with zero attached hydrogens (tertiary/aromatic N) is 3. The lowest BCUT2D eigenvalue weighted by Crippen LogP contribution is -2.25. The SMILES string of the molecule is CN(Cc1cc(Br)cs1)C(=O)c1ccc(C#N)nc1. The van der Waals surface area contributed by atoms with Crippen molar-refractivity contribution in [2.75, 3.05) is 7.05 Å². The molecule has 1 amide bonds. The summed E-state index contributed by atoms with van der Waals surface area (Å²) < 4.78 is 1.02. The zero-order valence-electron chi connectivity index (χ0n) is 10.1. The molecule has 4 nitrogen and oxygen atoms in total. The van der Waals surface area contributed by atoms with Gasteiger partial charge in [-0.3, -0.25) is 4.79 Å². The van der Waals surface area contributed by atoms with Gasteiger partial charge in [-0.25, -0.2) is 4.98 Å². The zero-order chi connectivity index (χ0) is 13.8. The van der Waals surface area contributed by atoms with E-state index in [1.54, 1.807) is 35.4 Å². The van der Waals surface area contributed by atoms with Gasteiger partial charge in [-0.15, -0.1) is 11.3 Å². The number of aromatic nitrogens is 1. The van der Waals surface area contributed by atoms with Crippen molar-refractivity contribution >= 4 is 33.2 Å². The van der Waals surface area contributed by atoms with E-state index in [9.17, 15) is 4.79 Å². The Morgan fingerprint density at radius 1 is 1.58 bits per heavy atom. The Balaban J connectivity index is 2.08. The van der Waals surface area contributed by atoms with Crippen LogP contribution in [0, 0.1) is 11.3 Å². The standard InChI is InChI=1S/C13H10BrN3OS/c1-17(7-12-4-10(14)8-19-12)13(18)9-2-3-11(5-15)16-6-9/h2-4,6,8H,7H2,1H3. The zero-order valence-corrected chi connectivity index (χ0v) is 12.5. The number of hydrogen-bond acceptors (Lipinski definition) is 4. The van der Waals surface area contributed by atoms with Crippen molar-refractivity contribution in [3.8, 4) is 6.07 Å². The third-order valence-corrected chi connectivity index (χ3v) is 4.17. The first kappa shape index (κ1) is 13.7. The highest BCUT2D eigenvalue weighted by molar-refractivity contribution is 9.10. The van der Waals surface area contributed by atoms with E-state index in [4.69, 9.17) is 5.26 Å². The number of carbonyl (C=O) groups is 1. The average molecular weight is 336 g/mol. The van der Waals surface area contributed by atoms with E-state index in [1.165, 1.54) is 6.20 Å². The minimum absolute atomic E-state index is 0.110. The quantitative estimate of drug-likeness (QED) is 0.866. The van der Waals surface area contributed by atoms with Crippen molar-refractivity contribution in [2.45, 2.75) is 6.54 Å². The number of carbonyl (C=O) groups excluding carboxylic acids is 1. The smallest absolute Gasteiger partial charge is 0.255 e. The molecule has 19 heavy (non-hydrogen) atoms. The van der Waals surface area contributed by atoms with Crippen LogP contribution in [0.2, 0.25) is 0 Å². The van der Waals surface area contributed by atoms with Crippen LogP contribution in [0.25, 0.3) is 0 Å². The predicted molar refractivity (Wildman–Crippen MR) is 76.8 cm³/mol. The van der Waals surface area contributed by atoms with E-state index in [1.807, 2.05) is 17.5 Å². The predicted octanol–water partition coefficient (Wildman–Crippen LogP) is 3.05. The van der Waals surface area contributed by atoms with Gasteiger partial charge in [-0.1, -0.05) is 0 Å². The molecule has 0 saturated heterocycles. The first-order valence-electron chi connectivity index (χ1n) is 5.44. The van der Waals surface area contributed by atoms with Crippen molar-refractivity contribution < 1.29 is 4.79 Å². The monoisotopic (exact) mass is 335 g/mol. The summed E-state index contributed by atoms with van der Waals surface area (Å²) in [5.74, 6) is -0.110. The van der Waals surface area contributed by atoms with Crippen molar-refractivity contribution in [3.63, 3.8) is 0 Å². The molecule has 0 bridgehead atoms. The second-order valence-corrected chi connectivity index (χ2v) is 5.85. The van der Waals surface area contributed by atoms with Crippen molar-refractivity contribution in [1.29, 1.82) is 5.26 Å². The van der Waals surface area contributed by atoms with Crippen LogP contribution in [-0.2, 0) is 6.54 Å². The van der Waals surface area contributed by atoms with Crippen molar-refractivity contribution in [3.05, 3.63) is 50.4 Å². The first-order chi connectivity index (χ1) is 9.10. The van der Waals surface area contributed by atoms with E-state index in [-0.39, 0.29) is 5.91 Å². The van der Waals surface area contributed by atoms with E-state index in [0.29, 0.717) is 17.8 Å². The van der Waals surface area contributed by atoms with Crippen LogP contribution in [0.4, 0.5) is 0 Å². The maximum Gasteiger partial charge on any atom is 0.255 e. The van der Waals surface area contributed by atoms with Crippen molar-refractivity contribution in [2.24, 2.45) is 0 Å². The fraction of sp³-hybridized carbons (Fsp3) is 0.154. The first-order valence-corrected chi connectivity index (χ1v) is 7.12. The highest BCUT2D eigenvalue weighted by atomic mass is 79.9. The number of thiophene rings is 1. The fourth-order valence-electron chi connectivity index (χ4n) is 1.55. The largest absolute Gasteiger partial charge is 0.337 e. The molecule has 0 N–H and O–H groups in total. The number of rotatable bonds is 3. The van der Waals surface area contributed by atoms with Gasteiger partial charge in [-0.05, 0) is 34.1 Å². The molecule has 0 aliphatic heterocycles. The molecular weight excluding hydrogens is 326 g/mol. The van der Waals surface area contributed by atoms with Crippen LogP contribution in [-0.4, -0.2) is 22.8 Å². The molecule has 0 radical (unpaired) electrons. The molecule has 0 fully saturated rings. The lowest BCUT2D eigenvalue weighted by atomic mass is 10.2. The van der Waals surface area contributed by atoms with Crippen LogP contribution in [0.1, 0.15) is 20.9 Å². The Hall–Kier alpha value is -1.71. The Kier molecular flexibility index (Phi) is 4.30. The summed E-state index contributed by atoms with van der Waals surface area (Å²) in [6, 6.07) is 7.08. The normalized spacial score (nSPS) is 9.95. The Morgan fingerprint density at radius 3 is 2.89 bits per heavy atom. The lowest BCUT2D eigenvalue weighted by Gasteiger charge is -2.15. The van der Waals surface area contributed by atoms with Crippen LogP contribution < -0.4 is 0 Å². The molecule has 0 aliphatic rings. The molecule has 2 aromatic rings. The molecule has 2 rings (SSSR count). The Bertz CT molecular complexity index is 630. The minimum atomic E-state index is -0.110. The summed E-state index contributed by atoms with van der Waals surface area (Å²) in [6.45, 7) is 0.551.